The Morgan fingerprint density at radius 2 is 1.56 bits per heavy atom. The summed E-state index contributed by atoms with van der Waals surface area (Å²) in [5.41, 5.74) is 0.595. The molecule has 164 valence electrons. The molecule has 0 radical (unpaired) electrons. The van der Waals surface area contributed by atoms with Gasteiger partial charge in [-0.15, -0.1) is 0 Å². The molecule has 0 saturated heterocycles. The second-order valence-electron chi connectivity index (χ2n) is 6.95. The molecule has 0 spiro atoms. The maximum absolute atomic E-state index is 12.7. The highest BCUT2D eigenvalue weighted by atomic mass is 16.6. The van der Waals surface area contributed by atoms with Gasteiger partial charge in [-0.05, 0) is 36.4 Å². The van der Waals surface area contributed by atoms with E-state index < -0.39 is 23.2 Å². The molecule has 3 aromatic carbocycles. The fourth-order valence-corrected chi connectivity index (χ4v) is 3.23. The molecule has 0 aromatic heterocycles. The number of benzene rings is 3. The summed E-state index contributed by atoms with van der Waals surface area (Å²) in [6, 6.07) is 11.1. The van der Waals surface area contributed by atoms with Gasteiger partial charge in [-0.25, -0.2) is 4.79 Å². The number of allylic oxidation sites excluding steroid dienone is 1. The fourth-order valence-electron chi connectivity index (χ4n) is 3.23. The number of rotatable bonds is 4. The van der Waals surface area contributed by atoms with Crippen molar-refractivity contribution in [1.82, 2.24) is 0 Å². The van der Waals surface area contributed by atoms with Gasteiger partial charge in [0.1, 0.15) is 23.0 Å². The van der Waals surface area contributed by atoms with E-state index in [2.05, 4.69) is 0 Å². The standard InChI is InChI=1S/C23H18O9/c1-30-14-4-2-11(3-5-14)22-20(10-15-16(25)8-13(24)9-19(15)31-22)32-23(29)12-6-17(26)21(28)18(27)7-12/h2-9,24-28H,10H2,1H3. The molecule has 0 amide bonds. The first-order chi connectivity index (χ1) is 15.3. The highest BCUT2D eigenvalue weighted by Gasteiger charge is 2.28. The number of aromatic hydroxyl groups is 5. The lowest BCUT2D eigenvalue weighted by Crippen LogP contribution is -2.15. The Labute approximate surface area is 181 Å². The van der Waals surface area contributed by atoms with Crippen molar-refractivity contribution in [1.29, 1.82) is 0 Å². The third kappa shape index (κ3) is 3.79. The van der Waals surface area contributed by atoms with Crippen LogP contribution >= 0.6 is 0 Å². The van der Waals surface area contributed by atoms with Gasteiger partial charge in [0, 0.05) is 29.7 Å². The Hall–Kier alpha value is -4.53. The van der Waals surface area contributed by atoms with E-state index in [0.29, 0.717) is 16.9 Å². The van der Waals surface area contributed by atoms with Crippen molar-refractivity contribution in [2.45, 2.75) is 6.42 Å². The minimum atomic E-state index is -0.943. The third-order valence-electron chi connectivity index (χ3n) is 4.85. The number of hydrogen-bond acceptors (Lipinski definition) is 9. The number of phenolic OH excluding ortho intramolecular Hbond substituents is 5. The number of methoxy groups -OCH3 is 1. The summed E-state index contributed by atoms with van der Waals surface area (Å²) in [4.78, 5) is 12.7. The van der Waals surface area contributed by atoms with Crippen LogP contribution in [0, 0.1) is 0 Å². The summed E-state index contributed by atoms with van der Waals surface area (Å²) in [5.74, 6) is -2.57. The predicted molar refractivity (Wildman–Crippen MR) is 111 cm³/mol. The second-order valence-corrected chi connectivity index (χ2v) is 6.95. The van der Waals surface area contributed by atoms with E-state index in [4.69, 9.17) is 14.2 Å². The summed E-state index contributed by atoms with van der Waals surface area (Å²) in [7, 11) is 1.52. The summed E-state index contributed by atoms with van der Waals surface area (Å²) in [5, 5.41) is 48.9. The molecule has 1 aliphatic rings. The molecule has 1 aliphatic heterocycles. The van der Waals surface area contributed by atoms with E-state index in [-0.39, 0.29) is 40.8 Å². The van der Waals surface area contributed by atoms with Gasteiger partial charge < -0.3 is 39.7 Å². The van der Waals surface area contributed by atoms with Crippen molar-refractivity contribution in [2.24, 2.45) is 0 Å². The molecule has 0 fully saturated rings. The molecule has 1 heterocycles. The average molecular weight is 438 g/mol. The van der Waals surface area contributed by atoms with Gasteiger partial charge in [-0.3, -0.25) is 0 Å². The largest absolute Gasteiger partial charge is 0.508 e. The molecule has 3 aromatic rings. The average Bonchev–Trinajstić information content (AvgIpc) is 2.77. The van der Waals surface area contributed by atoms with Gasteiger partial charge in [-0.1, -0.05) is 0 Å². The van der Waals surface area contributed by atoms with Crippen molar-refractivity contribution >= 4 is 11.7 Å². The normalized spacial score (nSPS) is 12.7. The predicted octanol–water partition coefficient (Wildman–Crippen LogP) is 3.38. The van der Waals surface area contributed by atoms with Gasteiger partial charge in [0.15, 0.2) is 28.8 Å². The Morgan fingerprint density at radius 1 is 0.906 bits per heavy atom. The van der Waals surface area contributed by atoms with Crippen LogP contribution in [0.1, 0.15) is 21.5 Å². The number of carbonyl (C=O) groups is 1. The van der Waals surface area contributed by atoms with Crippen LogP contribution in [0.25, 0.3) is 5.76 Å². The van der Waals surface area contributed by atoms with Gasteiger partial charge in [0.05, 0.1) is 12.7 Å². The maximum Gasteiger partial charge on any atom is 0.343 e. The molecule has 32 heavy (non-hydrogen) atoms. The van der Waals surface area contributed by atoms with Crippen molar-refractivity contribution in [3.8, 4) is 40.2 Å². The summed E-state index contributed by atoms with van der Waals surface area (Å²) < 4.78 is 16.5. The third-order valence-corrected chi connectivity index (χ3v) is 4.85. The van der Waals surface area contributed by atoms with Crippen LogP contribution < -0.4 is 9.47 Å². The quantitative estimate of drug-likeness (QED) is 0.306. The van der Waals surface area contributed by atoms with E-state index in [1.54, 1.807) is 24.3 Å². The van der Waals surface area contributed by atoms with Gasteiger partial charge in [0.25, 0.3) is 0 Å². The lowest BCUT2D eigenvalue weighted by Gasteiger charge is -2.24. The van der Waals surface area contributed by atoms with E-state index in [0.717, 1.165) is 18.2 Å². The van der Waals surface area contributed by atoms with E-state index >= 15 is 0 Å². The van der Waals surface area contributed by atoms with Crippen LogP contribution in [0.2, 0.25) is 0 Å². The Morgan fingerprint density at radius 3 is 2.19 bits per heavy atom. The van der Waals surface area contributed by atoms with Gasteiger partial charge in [0.2, 0.25) is 0 Å². The van der Waals surface area contributed by atoms with E-state index in [1.807, 2.05) is 0 Å². The molecule has 0 aliphatic carbocycles. The highest BCUT2D eigenvalue weighted by Crippen LogP contribution is 2.42. The van der Waals surface area contributed by atoms with Crippen LogP contribution in [-0.4, -0.2) is 38.6 Å². The minimum absolute atomic E-state index is 0.0423. The van der Waals surface area contributed by atoms with Crippen molar-refractivity contribution in [3.05, 3.63) is 71.0 Å². The monoisotopic (exact) mass is 438 g/mol. The number of esters is 1. The van der Waals surface area contributed by atoms with E-state index in [9.17, 15) is 30.3 Å². The second kappa shape index (κ2) is 7.95. The highest BCUT2D eigenvalue weighted by molar-refractivity contribution is 5.92. The maximum atomic E-state index is 12.7. The molecule has 5 N–H and O–H groups in total. The molecular formula is C23H18O9. The number of fused-ring (bicyclic) bond motifs is 1. The smallest absolute Gasteiger partial charge is 0.343 e. The van der Waals surface area contributed by atoms with Gasteiger partial charge in [-0.2, -0.15) is 0 Å². The van der Waals surface area contributed by atoms with Crippen LogP contribution in [-0.2, 0) is 11.2 Å². The SMILES string of the molecule is COc1ccc(C2=C(OC(=O)c3cc(O)c(O)c(O)c3)Cc3c(O)cc(O)cc3O2)cc1. The van der Waals surface area contributed by atoms with Crippen LogP contribution in [0.4, 0.5) is 0 Å². The first-order valence-electron chi connectivity index (χ1n) is 9.34. The fraction of sp³-hybridized carbons (Fsp3) is 0.0870. The zero-order valence-corrected chi connectivity index (χ0v) is 16.7. The molecule has 0 unspecified atom stereocenters. The zero-order valence-electron chi connectivity index (χ0n) is 16.7. The molecular weight excluding hydrogens is 420 g/mol. The van der Waals surface area contributed by atoms with Crippen molar-refractivity contribution in [3.63, 3.8) is 0 Å². The number of carbonyl (C=O) groups excluding carboxylic acids is 1. The lowest BCUT2D eigenvalue weighted by molar-refractivity contribution is 0.0609. The van der Waals surface area contributed by atoms with E-state index in [1.165, 1.54) is 13.2 Å². The van der Waals surface area contributed by atoms with Crippen molar-refractivity contribution in [2.75, 3.05) is 7.11 Å². The number of hydrogen-bond donors (Lipinski definition) is 5. The Balaban J connectivity index is 1.76. The summed E-state index contributed by atoms with van der Waals surface area (Å²) in [6.07, 6.45) is -0.0510. The molecule has 0 bridgehead atoms. The molecule has 9 nitrogen and oxygen atoms in total. The molecule has 9 heteroatoms. The zero-order chi connectivity index (χ0) is 23.0. The molecule has 4 rings (SSSR count). The van der Waals surface area contributed by atoms with Crippen LogP contribution in [0.15, 0.2) is 54.3 Å². The lowest BCUT2D eigenvalue weighted by atomic mass is 10.0. The first-order valence-corrected chi connectivity index (χ1v) is 9.34. The minimum Gasteiger partial charge on any atom is -0.508 e. The number of ether oxygens (including phenoxy) is 3. The van der Waals surface area contributed by atoms with Gasteiger partial charge >= 0.3 is 5.97 Å². The Bertz CT molecular complexity index is 1220. The number of phenols is 5. The topological polar surface area (TPSA) is 146 Å². The van der Waals surface area contributed by atoms with Crippen LogP contribution in [0.5, 0.6) is 40.2 Å². The van der Waals surface area contributed by atoms with Crippen molar-refractivity contribution < 1.29 is 44.5 Å². The summed E-state index contributed by atoms with van der Waals surface area (Å²) >= 11 is 0. The molecule has 0 saturated carbocycles. The first kappa shape index (κ1) is 20.7. The Kier molecular flexibility index (Phi) is 5.15. The van der Waals surface area contributed by atoms with Crippen LogP contribution in [0.3, 0.4) is 0 Å². The molecule has 0 atom stereocenters. The summed E-state index contributed by atoms with van der Waals surface area (Å²) in [6.45, 7) is 0.